The normalized spacial score (nSPS) is 10.6. The maximum Gasteiger partial charge on any atom is 0.248 e. The minimum atomic E-state index is -0.270. The molecule has 8 heteroatoms. The highest BCUT2D eigenvalue weighted by Crippen LogP contribution is 2.43. The number of amides is 1. The molecule has 2 aromatic carbocycles. The second-order valence-corrected chi connectivity index (χ2v) is 6.78. The number of carbonyl (C=O) groups is 1. The van der Waals surface area contributed by atoms with Crippen molar-refractivity contribution in [2.75, 3.05) is 12.0 Å². The number of ether oxygens (including phenoxy) is 1. The van der Waals surface area contributed by atoms with Gasteiger partial charge in [-0.2, -0.15) is 0 Å². The van der Waals surface area contributed by atoms with Gasteiger partial charge >= 0.3 is 0 Å². The minimum Gasteiger partial charge on any atom is -0.495 e. The van der Waals surface area contributed by atoms with E-state index in [9.17, 15) is 4.79 Å². The summed E-state index contributed by atoms with van der Waals surface area (Å²) in [6.07, 6.45) is 3.05. The van der Waals surface area contributed by atoms with Gasteiger partial charge in [0, 0.05) is 23.7 Å². The number of para-hydroxylation sites is 2. The molecular formula is C22H17ClN4O3. The summed E-state index contributed by atoms with van der Waals surface area (Å²) in [5, 5.41) is 4.87. The number of methoxy groups -OCH3 is 1. The van der Waals surface area contributed by atoms with E-state index in [1.54, 1.807) is 43.6 Å². The summed E-state index contributed by atoms with van der Waals surface area (Å²) in [4.78, 5) is 22.5. The van der Waals surface area contributed by atoms with Gasteiger partial charge in [0.15, 0.2) is 0 Å². The lowest BCUT2D eigenvalue weighted by molar-refractivity contribution is -0.116. The van der Waals surface area contributed by atoms with Crippen LogP contribution in [0.5, 0.6) is 5.75 Å². The largest absolute Gasteiger partial charge is 0.495 e. The summed E-state index contributed by atoms with van der Waals surface area (Å²) < 4.78 is 11.2. The van der Waals surface area contributed by atoms with Crippen LogP contribution in [-0.2, 0) is 4.79 Å². The third kappa shape index (κ3) is 3.62. The number of rotatable bonds is 5. The molecule has 4 aromatic rings. The molecule has 7 nitrogen and oxygen atoms in total. The molecule has 30 heavy (non-hydrogen) atoms. The van der Waals surface area contributed by atoms with Crippen molar-refractivity contribution in [2.45, 2.75) is 6.92 Å². The molecule has 0 spiro atoms. The Bertz CT molecular complexity index is 1180. The lowest BCUT2D eigenvalue weighted by Gasteiger charge is -2.21. The molecule has 2 heterocycles. The average Bonchev–Trinajstić information content (AvgIpc) is 3.19. The van der Waals surface area contributed by atoms with Gasteiger partial charge < -0.3 is 9.26 Å². The monoisotopic (exact) mass is 420 g/mol. The molecule has 1 amide bonds. The van der Waals surface area contributed by atoms with Gasteiger partial charge in [-0.05, 0) is 30.3 Å². The first-order valence-corrected chi connectivity index (χ1v) is 9.43. The van der Waals surface area contributed by atoms with Crippen LogP contribution < -0.4 is 9.64 Å². The van der Waals surface area contributed by atoms with Crippen LogP contribution in [0.15, 0.2) is 71.6 Å². The molecule has 150 valence electrons. The van der Waals surface area contributed by atoms with E-state index in [1.165, 1.54) is 18.2 Å². The Hall–Kier alpha value is -3.71. The summed E-state index contributed by atoms with van der Waals surface area (Å²) in [6, 6.07) is 16.1. The average molecular weight is 421 g/mol. The zero-order chi connectivity index (χ0) is 21.1. The van der Waals surface area contributed by atoms with Crippen molar-refractivity contribution in [3.8, 4) is 28.3 Å². The fourth-order valence-corrected chi connectivity index (χ4v) is 3.27. The molecule has 0 radical (unpaired) electrons. The van der Waals surface area contributed by atoms with Gasteiger partial charge in [-0.1, -0.05) is 41.0 Å². The Balaban J connectivity index is 1.97. The van der Waals surface area contributed by atoms with E-state index in [0.717, 1.165) is 5.56 Å². The van der Waals surface area contributed by atoms with Crippen molar-refractivity contribution in [3.05, 3.63) is 72.1 Å². The minimum absolute atomic E-state index is 0.232. The molecule has 0 aliphatic rings. The van der Waals surface area contributed by atoms with Gasteiger partial charge in [0.2, 0.25) is 11.8 Å². The molecule has 0 atom stereocenters. The lowest BCUT2D eigenvalue weighted by Crippen LogP contribution is -2.23. The van der Waals surface area contributed by atoms with Crippen LogP contribution in [0.2, 0.25) is 5.02 Å². The summed E-state index contributed by atoms with van der Waals surface area (Å²) in [5.41, 5.74) is 2.95. The van der Waals surface area contributed by atoms with Crippen molar-refractivity contribution in [2.24, 2.45) is 0 Å². The van der Waals surface area contributed by atoms with Crippen molar-refractivity contribution < 1.29 is 14.1 Å². The van der Waals surface area contributed by atoms with E-state index >= 15 is 0 Å². The Morgan fingerprint density at radius 1 is 1.10 bits per heavy atom. The Labute approximate surface area is 177 Å². The number of hydrogen-bond donors (Lipinski definition) is 0. The molecule has 0 bridgehead atoms. The van der Waals surface area contributed by atoms with Crippen LogP contribution in [0.1, 0.15) is 6.92 Å². The Kier molecular flexibility index (Phi) is 5.45. The maximum atomic E-state index is 12.7. The van der Waals surface area contributed by atoms with E-state index in [-0.39, 0.29) is 11.8 Å². The van der Waals surface area contributed by atoms with E-state index in [4.69, 9.17) is 20.9 Å². The van der Waals surface area contributed by atoms with Crippen LogP contribution in [0.25, 0.3) is 22.5 Å². The Morgan fingerprint density at radius 2 is 1.87 bits per heavy atom. The van der Waals surface area contributed by atoms with Crippen LogP contribution in [0.3, 0.4) is 0 Å². The van der Waals surface area contributed by atoms with E-state index in [0.29, 0.717) is 33.4 Å². The molecule has 2 aromatic heterocycles. The first kappa shape index (κ1) is 19.6. The van der Waals surface area contributed by atoms with Gasteiger partial charge in [0.05, 0.1) is 24.1 Å². The predicted molar refractivity (Wildman–Crippen MR) is 114 cm³/mol. The summed E-state index contributed by atoms with van der Waals surface area (Å²) >= 11 is 6.04. The zero-order valence-corrected chi connectivity index (χ0v) is 17.0. The summed E-state index contributed by atoms with van der Waals surface area (Å²) in [7, 11) is 1.54. The highest BCUT2D eigenvalue weighted by Gasteiger charge is 2.29. The number of aromatic nitrogens is 3. The van der Waals surface area contributed by atoms with Gasteiger partial charge in [-0.25, -0.2) is 14.9 Å². The molecule has 4 rings (SSSR count). The smallest absolute Gasteiger partial charge is 0.248 e. The Morgan fingerprint density at radius 3 is 2.53 bits per heavy atom. The number of halogens is 1. The second kappa shape index (κ2) is 8.34. The number of benzene rings is 2. The number of hydrogen-bond acceptors (Lipinski definition) is 6. The van der Waals surface area contributed by atoms with Gasteiger partial charge in [-0.3, -0.25) is 4.79 Å². The van der Waals surface area contributed by atoms with Crippen LogP contribution >= 0.6 is 11.6 Å². The van der Waals surface area contributed by atoms with Gasteiger partial charge in [0.1, 0.15) is 17.8 Å². The van der Waals surface area contributed by atoms with E-state index in [2.05, 4.69) is 15.1 Å². The molecule has 0 fully saturated rings. The summed E-state index contributed by atoms with van der Waals surface area (Å²) in [6.45, 7) is 1.45. The van der Waals surface area contributed by atoms with Crippen LogP contribution in [0, 0.1) is 0 Å². The lowest BCUT2D eigenvalue weighted by atomic mass is 10.0. The molecule has 0 saturated heterocycles. The van der Waals surface area contributed by atoms with Crippen LogP contribution in [0.4, 0.5) is 11.6 Å². The molecular weight excluding hydrogens is 404 g/mol. The van der Waals surface area contributed by atoms with Crippen LogP contribution in [-0.4, -0.2) is 28.1 Å². The number of carbonyl (C=O) groups excluding carboxylic acids is 1. The van der Waals surface area contributed by atoms with Crippen molar-refractivity contribution in [3.63, 3.8) is 0 Å². The second-order valence-electron chi connectivity index (χ2n) is 6.34. The molecule has 0 saturated carbocycles. The first-order chi connectivity index (χ1) is 14.6. The predicted octanol–water partition coefficient (Wildman–Crippen LogP) is 5.15. The standard InChI is InChI=1S/C22H17ClN4O3/c1-14(28)27(18-5-3-4-6-19(18)29-2)22-20(17-11-12-24-13-25-17)21(26-30-22)15-7-9-16(23)10-8-15/h3-13H,1-2H3. The number of nitrogens with zero attached hydrogens (tertiary/aromatic N) is 4. The molecule has 0 aliphatic heterocycles. The fourth-order valence-electron chi connectivity index (χ4n) is 3.14. The molecule has 0 aliphatic carbocycles. The quantitative estimate of drug-likeness (QED) is 0.444. The van der Waals surface area contributed by atoms with E-state index < -0.39 is 0 Å². The van der Waals surface area contributed by atoms with Gasteiger partial charge in [-0.15, -0.1) is 0 Å². The molecule has 0 N–H and O–H groups in total. The van der Waals surface area contributed by atoms with Crippen molar-refractivity contribution in [1.29, 1.82) is 0 Å². The zero-order valence-electron chi connectivity index (χ0n) is 16.2. The maximum absolute atomic E-state index is 12.7. The fraction of sp³-hybridized carbons (Fsp3) is 0.0909. The first-order valence-electron chi connectivity index (χ1n) is 9.06. The third-order valence-corrected chi connectivity index (χ3v) is 4.73. The van der Waals surface area contributed by atoms with Crippen molar-refractivity contribution >= 4 is 29.1 Å². The highest BCUT2D eigenvalue weighted by molar-refractivity contribution is 6.30. The summed E-state index contributed by atoms with van der Waals surface area (Å²) in [5.74, 6) is 0.482. The number of anilines is 2. The molecule has 0 unspecified atom stereocenters. The topological polar surface area (TPSA) is 81.4 Å². The van der Waals surface area contributed by atoms with Crippen molar-refractivity contribution in [1.82, 2.24) is 15.1 Å². The van der Waals surface area contributed by atoms with E-state index in [1.807, 2.05) is 24.3 Å². The van der Waals surface area contributed by atoms with Gasteiger partial charge in [0.25, 0.3) is 0 Å². The third-order valence-electron chi connectivity index (χ3n) is 4.47. The SMILES string of the molecule is COc1ccccc1N(C(C)=O)c1onc(-c2ccc(Cl)cc2)c1-c1ccncn1. The highest BCUT2D eigenvalue weighted by atomic mass is 35.5.